The van der Waals surface area contributed by atoms with E-state index in [0.717, 1.165) is 11.3 Å². The molecule has 0 radical (unpaired) electrons. The maximum atomic E-state index is 13.3. The minimum Gasteiger partial charge on any atom is -0.278 e. The van der Waals surface area contributed by atoms with Crippen molar-refractivity contribution in [1.29, 1.82) is 0 Å². The predicted octanol–water partition coefficient (Wildman–Crippen LogP) is 1.62. The molecule has 1 atom stereocenters. The summed E-state index contributed by atoms with van der Waals surface area (Å²) in [7, 11) is 0. The Kier molecular flexibility index (Phi) is 3.17. The Bertz CT molecular complexity index is 462. The van der Waals surface area contributed by atoms with Gasteiger partial charge in [0.15, 0.2) is 0 Å². The van der Waals surface area contributed by atoms with Gasteiger partial charge in [-0.05, 0) is 18.1 Å². The fourth-order valence-corrected chi connectivity index (χ4v) is 1.94. The van der Waals surface area contributed by atoms with E-state index >= 15 is 0 Å². The summed E-state index contributed by atoms with van der Waals surface area (Å²) in [6.07, 6.45) is 2.47. The van der Waals surface area contributed by atoms with Crippen LogP contribution in [0.4, 0.5) is 4.39 Å². The van der Waals surface area contributed by atoms with E-state index in [1.54, 1.807) is 0 Å². The van der Waals surface area contributed by atoms with E-state index in [9.17, 15) is 14.0 Å². The number of halogens is 1. The molecule has 2 heterocycles. The number of hydrogen-bond donors (Lipinski definition) is 0. The zero-order valence-electron chi connectivity index (χ0n) is 9.52. The van der Waals surface area contributed by atoms with Gasteiger partial charge in [-0.3, -0.25) is 14.5 Å². The molecule has 1 saturated heterocycles. The van der Waals surface area contributed by atoms with Crippen LogP contribution in [0.1, 0.15) is 30.1 Å². The van der Waals surface area contributed by atoms with Crippen LogP contribution in [-0.2, 0) is 4.79 Å². The van der Waals surface area contributed by atoms with Crippen molar-refractivity contribution in [3.8, 4) is 0 Å². The van der Waals surface area contributed by atoms with Gasteiger partial charge in [-0.25, -0.2) is 4.98 Å². The van der Waals surface area contributed by atoms with Crippen LogP contribution in [0.3, 0.4) is 0 Å². The first-order chi connectivity index (χ1) is 8.13. The van der Waals surface area contributed by atoms with Gasteiger partial charge < -0.3 is 0 Å². The lowest BCUT2D eigenvalue weighted by Crippen LogP contribution is -2.33. The number of rotatable bonds is 2. The molecule has 0 aliphatic carbocycles. The van der Waals surface area contributed by atoms with E-state index in [2.05, 4.69) is 4.98 Å². The van der Waals surface area contributed by atoms with E-state index in [0.29, 0.717) is 13.0 Å². The van der Waals surface area contributed by atoms with E-state index < -0.39 is 11.9 Å². The zero-order valence-corrected chi connectivity index (χ0v) is 9.52. The van der Waals surface area contributed by atoms with Gasteiger partial charge >= 0.3 is 0 Å². The van der Waals surface area contributed by atoms with Crippen LogP contribution >= 0.6 is 0 Å². The van der Waals surface area contributed by atoms with Crippen molar-refractivity contribution in [1.82, 2.24) is 9.88 Å². The van der Waals surface area contributed by atoms with Crippen molar-refractivity contribution in [2.45, 2.75) is 19.8 Å². The van der Waals surface area contributed by atoms with Gasteiger partial charge in [0.25, 0.3) is 5.91 Å². The zero-order chi connectivity index (χ0) is 12.4. The molecule has 2 rings (SSSR count). The van der Waals surface area contributed by atoms with E-state index in [-0.39, 0.29) is 17.4 Å². The first kappa shape index (κ1) is 11.7. The predicted molar refractivity (Wildman–Crippen MR) is 58.6 cm³/mol. The smallest absolute Gasteiger partial charge is 0.265 e. The molecular formula is C12H13FN2O2. The average Bonchev–Trinajstić information content (AvgIpc) is 2.70. The summed E-state index contributed by atoms with van der Waals surface area (Å²) in [5, 5.41) is 0. The summed E-state index contributed by atoms with van der Waals surface area (Å²) < 4.78 is 13.3. The standard InChI is InChI=1S/C12H13FN2O2/c1-2-8-6-10(16)15(7-8)12(17)9-4-3-5-14-11(9)13/h3-5,8H,2,6-7H2,1H3. The molecule has 0 saturated carbocycles. The fraction of sp³-hybridized carbons (Fsp3) is 0.417. The topological polar surface area (TPSA) is 50.3 Å². The molecular weight excluding hydrogens is 223 g/mol. The van der Waals surface area contributed by atoms with Crippen LogP contribution in [0, 0.1) is 11.9 Å². The van der Waals surface area contributed by atoms with Crippen molar-refractivity contribution in [2.24, 2.45) is 5.92 Å². The highest BCUT2D eigenvalue weighted by molar-refractivity contribution is 6.05. The number of hydrogen-bond acceptors (Lipinski definition) is 3. The van der Waals surface area contributed by atoms with Gasteiger partial charge in [0.1, 0.15) is 0 Å². The first-order valence-corrected chi connectivity index (χ1v) is 5.58. The Balaban J connectivity index is 2.22. The van der Waals surface area contributed by atoms with Crippen LogP contribution in [0.2, 0.25) is 0 Å². The molecule has 0 N–H and O–H groups in total. The van der Waals surface area contributed by atoms with Gasteiger partial charge in [0.2, 0.25) is 11.9 Å². The quantitative estimate of drug-likeness (QED) is 0.579. The van der Waals surface area contributed by atoms with E-state index in [1.807, 2.05) is 6.92 Å². The lowest BCUT2D eigenvalue weighted by Gasteiger charge is -2.14. The molecule has 1 aromatic rings. The van der Waals surface area contributed by atoms with Crippen molar-refractivity contribution < 1.29 is 14.0 Å². The number of imide groups is 1. The summed E-state index contributed by atoms with van der Waals surface area (Å²) >= 11 is 0. The fourth-order valence-electron chi connectivity index (χ4n) is 1.94. The third-order valence-corrected chi connectivity index (χ3v) is 3.02. The summed E-state index contributed by atoms with van der Waals surface area (Å²) in [6, 6.07) is 2.82. The highest BCUT2D eigenvalue weighted by Crippen LogP contribution is 2.22. The number of likely N-dealkylation sites (tertiary alicyclic amines) is 1. The Labute approximate surface area is 98.4 Å². The van der Waals surface area contributed by atoms with Crippen molar-refractivity contribution in [3.63, 3.8) is 0 Å². The number of amides is 2. The summed E-state index contributed by atoms with van der Waals surface area (Å²) in [6.45, 7) is 2.35. The molecule has 1 unspecified atom stereocenters. The first-order valence-electron chi connectivity index (χ1n) is 5.58. The third kappa shape index (κ3) is 2.18. The molecule has 5 heteroatoms. The molecule has 90 valence electrons. The molecule has 17 heavy (non-hydrogen) atoms. The largest absolute Gasteiger partial charge is 0.278 e. The van der Waals surface area contributed by atoms with Crippen LogP contribution in [-0.4, -0.2) is 28.2 Å². The maximum Gasteiger partial charge on any atom is 0.265 e. The Morgan fingerprint density at radius 1 is 1.65 bits per heavy atom. The highest BCUT2D eigenvalue weighted by atomic mass is 19.1. The second-order valence-electron chi connectivity index (χ2n) is 4.13. The van der Waals surface area contributed by atoms with Gasteiger partial charge in [-0.2, -0.15) is 4.39 Å². The lowest BCUT2D eigenvalue weighted by molar-refractivity contribution is -0.125. The number of aromatic nitrogens is 1. The summed E-state index contributed by atoms with van der Waals surface area (Å²) in [4.78, 5) is 28.1. The normalized spacial score (nSPS) is 19.8. The third-order valence-electron chi connectivity index (χ3n) is 3.02. The van der Waals surface area contributed by atoms with Crippen LogP contribution < -0.4 is 0 Å². The molecule has 1 aliphatic heterocycles. The second kappa shape index (κ2) is 4.61. The average molecular weight is 236 g/mol. The molecule has 0 aromatic carbocycles. The second-order valence-corrected chi connectivity index (χ2v) is 4.13. The SMILES string of the molecule is CCC1CC(=O)N(C(=O)c2cccnc2F)C1. The number of nitrogens with zero attached hydrogens (tertiary/aromatic N) is 2. The van der Waals surface area contributed by atoms with E-state index in [4.69, 9.17) is 0 Å². The molecule has 0 bridgehead atoms. The number of carbonyl (C=O) groups is 2. The Hall–Kier alpha value is -1.78. The van der Waals surface area contributed by atoms with Crippen LogP contribution in [0.15, 0.2) is 18.3 Å². The number of carbonyl (C=O) groups excluding carboxylic acids is 2. The molecule has 2 amide bonds. The minimum absolute atomic E-state index is 0.141. The van der Waals surface area contributed by atoms with Gasteiger partial charge in [-0.1, -0.05) is 13.3 Å². The molecule has 4 nitrogen and oxygen atoms in total. The van der Waals surface area contributed by atoms with Crippen LogP contribution in [0.25, 0.3) is 0 Å². The van der Waals surface area contributed by atoms with Crippen molar-refractivity contribution in [3.05, 3.63) is 29.8 Å². The van der Waals surface area contributed by atoms with Gasteiger partial charge in [0.05, 0.1) is 5.56 Å². The van der Waals surface area contributed by atoms with E-state index in [1.165, 1.54) is 18.3 Å². The lowest BCUT2D eigenvalue weighted by atomic mass is 10.1. The Morgan fingerprint density at radius 2 is 2.41 bits per heavy atom. The molecule has 1 fully saturated rings. The molecule has 0 spiro atoms. The van der Waals surface area contributed by atoms with Crippen LogP contribution in [0.5, 0.6) is 0 Å². The minimum atomic E-state index is -0.828. The highest BCUT2D eigenvalue weighted by Gasteiger charge is 2.34. The van der Waals surface area contributed by atoms with Gasteiger partial charge in [-0.15, -0.1) is 0 Å². The number of pyridine rings is 1. The monoisotopic (exact) mass is 236 g/mol. The summed E-state index contributed by atoms with van der Waals surface area (Å²) in [5.41, 5.74) is -0.141. The molecule has 1 aromatic heterocycles. The van der Waals surface area contributed by atoms with Crippen molar-refractivity contribution >= 4 is 11.8 Å². The Morgan fingerprint density at radius 3 is 3.00 bits per heavy atom. The maximum absolute atomic E-state index is 13.3. The van der Waals surface area contributed by atoms with Gasteiger partial charge in [0, 0.05) is 19.2 Å². The molecule has 1 aliphatic rings. The summed E-state index contributed by atoms with van der Waals surface area (Å²) in [5.74, 6) is -1.46. The van der Waals surface area contributed by atoms with Crippen molar-refractivity contribution in [2.75, 3.05) is 6.54 Å².